The highest BCUT2D eigenvalue weighted by molar-refractivity contribution is 7.92. The minimum atomic E-state index is -4.03. The summed E-state index contributed by atoms with van der Waals surface area (Å²) >= 11 is 6.08. The first-order valence-electron chi connectivity index (χ1n) is 8.63. The van der Waals surface area contributed by atoms with Crippen LogP contribution < -0.4 is 4.72 Å². The van der Waals surface area contributed by atoms with E-state index in [1.165, 1.54) is 30.3 Å². The van der Waals surface area contributed by atoms with E-state index in [9.17, 15) is 17.6 Å². The van der Waals surface area contributed by atoms with E-state index in [4.69, 9.17) is 11.6 Å². The fourth-order valence-corrected chi connectivity index (χ4v) is 4.71. The molecule has 0 aliphatic carbocycles. The molecule has 0 aromatic heterocycles. The van der Waals surface area contributed by atoms with Gasteiger partial charge in [-0.15, -0.1) is 0 Å². The number of halogens is 2. The third-order valence-corrected chi connectivity index (χ3v) is 6.37. The van der Waals surface area contributed by atoms with Crippen molar-refractivity contribution < 1.29 is 17.6 Å². The van der Waals surface area contributed by atoms with Crippen molar-refractivity contribution in [1.82, 2.24) is 4.90 Å². The maximum absolute atomic E-state index is 13.0. The van der Waals surface area contributed by atoms with E-state index >= 15 is 0 Å². The molecular formula is C19H20ClFN2O3S. The van der Waals surface area contributed by atoms with E-state index in [0.717, 1.165) is 25.0 Å². The van der Waals surface area contributed by atoms with Crippen LogP contribution in [0.25, 0.3) is 0 Å². The molecule has 27 heavy (non-hydrogen) atoms. The van der Waals surface area contributed by atoms with Crippen LogP contribution in [-0.2, 0) is 10.0 Å². The molecular weight excluding hydrogens is 391 g/mol. The van der Waals surface area contributed by atoms with Gasteiger partial charge >= 0.3 is 0 Å². The number of sulfonamides is 1. The maximum atomic E-state index is 13.0. The number of hydrogen-bond acceptors (Lipinski definition) is 3. The molecule has 5 nitrogen and oxygen atoms in total. The molecule has 8 heteroatoms. The van der Waals surface area contributed by atoms with Gasteiger partial charge in [0, 0.05) is 24.3 Å². The zero-order valence-corrected chi connectivity index (χ0v) is 16.4. The van der Waals surface area contributed by atoms with E-state index in [1.807, 2.05) is 0 Å². The highest BCUT2D eigenvalue weighted by Crippen LogP contribution is 2.26. The first kappa shape index (κ1) is 19.6. The molecule has 1 aliphatic rings. The zero-order valence-electron chi connectivity index (χ0n) is 14.8. The first-order valence-corrected chi connectivity index (χ1v) is 10.5. The Morgan fingerprint density at radius 1 is 1.22 bits per heavy atom. The van der Waals surface area contributed by atoms with Gasteiger partial charge in [0.05, 0.1) is 5.02 Å². The van der Waals surface area contributed by atoms with E-state index < -0.39 is 15.8 Å². The van der Waals surface area contributed by atoms with Crippen LogP contribution >= 0.6 is 11.6 Å². The summed E-state index contributed by atoms with van der Waals surface area (Å²) in [5, 5.41) is 0.00757. The highest BCUT2D eigenvalue weighted by atomic mass is 35.5. The first-order chi connectivity index (χ1) is 12.8. The monoisotopic (exact) mass is 410 g/mol. The Balaban J connectivity index is 1.88. The van der Waals surface area contributed by atoms with Gasteiger partial charge in [-0.1, -0.05) is 18.5 Å². The number of hydrogen-bond donors (Lipinski definition) is 1. The van der Waals surface area contributed by atoms with Crippen LogP contribution in [-0.4, -0.2) is 32.3 Å². The molecule has 1 N–H and O–H groups in total. The van der Waals surface area contributed by atoms with Gasteiger partial charge in [-0.2, -0.15) is 0 Å². The Kier molecular flexibility index (Phi) is 5.72. The Labute approximate surface area is 163 Å². The van der Waals surface area contributed by atoms with Crippen molar-refractivity contribution in [1.29, 1.82) is 0 Å². The topological polar surface area (TPSA) is 66.5 Å². The van der Waals surface area contributed by atoms with Crippen LogP contribution in [0.3, 0.4) is 0 Å². The Bertz CT molecular complexity index is 948. The van der Waals surface area contributed by atoms with Crippen LogP contribution in [0.2, 0.25) is 5.02 Å². The summed E-state index contributed by atoms with van der Waals surface area (Å²) < 4.78 is 40.8. The van der Waals surface area contributed by atoms with Gasteiger partial charge in [0.2, 0.25) is 0 Å². The average Bonchev–Trinajstić information content (AvgIpc) is 2.63. The largest absolute Gasteiger partial charge is 0.338 e. The second kappa shape index (κ2) is 7.86. The molecule has 0 bridgehead atoms. The summed E-state index contributed by atoms with van der Waals surface area (Å²) in [7, 11) is -4.03. The summed E-state index contributed by atoms with van der Waals surface area (Å²) in [6, 6.07) is 9.14. The van der Waals surface area contributed by atoms with Crippen LogP contribution in [0, 0.1) is 11.7 Å². The summed E-state index contributed by atoms with van der Waals surface area (Å²) in [4.78, 5) is 14.3. The molecule has 1 amide bonds. The van der Waals surface area contributed by atoms with Gasteiger partial charge in [0.1, 0.15) is 10.7 Å². The number of rotatable bonds is 4. The van der Waals surface area contributed by atoms with Gasteiger partial charge in [0.15, 0.2) is 0 Å². The lowest BCUT2D eigenvalue weighted by Crippen LogP contribution is -2.39. The third kappa shape index (κ3) is 4.59. The van der Waals surface area contributed by atoms with Crippen LogP contribution in [0.4, 0.5) is 10.1 Å². The van der Waals surface area contributed by atoms with Gasteiger partial charge in [0.25, 0.3) is 15.9 Å². The summed E-state index contributed by atoms with van der Waals surface area (Å²) in [5.74, 6) is -0.269. The molecule has 2 aromatic rings. The molecule has 144 valence electrons. The number of carbonyl (C=O) groups is 1. The van der Waals surface area contributed by atoms with Crippen molar-refractivity contribution in [2.45, 2.75) is 24.7 Å². The predicted octanol–water partition coefficient (Wildman–Crippen LogP) is 4.15. The Hall–Kier alpha value is -2.12. The molecule has 1 fully saturated rings. The molecule has 0 saturated carbocycles. The quantitative estimate of drug-likeness (QED) is 0.823. The van der Waals surface area contributed by atoms with Crippen molar-refractivity contribution in [2.75, 3.05) is 17.8 Å². The van der Waals surface area contributed by atoms with Crippen molar-refractivity contribution in [3.8, 4) is 0 Å². The van der Waals surface area contributed by atoms with Crippen LogP contribution in [0.15, 0.2) is 47.4 Å². The second-order valence-electron chi connectivity index (χ2n) is 6.76. The minimum absolute atomic E-state index is 0.00757. The number of carbonyl (C=O) groups excluding carboxylic acids is 1. The number of anilines is 1. The Morgan fingerprint density at radius 2 is 1.93 bits per heavy atom. The van der Waals surface area contributed by atoms with Crippen molar-refractivity contribution in [3.63, 3.8) is 0 Å². The fraction of sp³-hybridized carbons (Fsp3) is 0.316. The fourth-order valence-electron chi connectivity index (χ4n) is 3.13. The maximum Gasteiger partial charge on any atom is 0.263 e. The van der Waals surface area contributed by atoms with Gasteiger partial charge in [-0.05, 0) is 61.2 Å². The number of nitrogens with zero attached hydrogens (tertiary/aromatic N) is 1. The number of benzene rings is 2. The van der Waals surface area contributed by atoms with Crippen molar-refractivity contribution in [3.05, 3.63) is 58.9 Å². The predicted molar refractivity (Wildman–Crippen MR) is 103 cm³/mol. The number of amides is 1. The lowest BCUT2D eigenvalue weighted by Gasteiger charge is -2.31. The van der Waals surface area contributed by atoms with Crippen molar-refractivity contribution in [2.24, 2.45) is 5.92 Å². The summed E-state index contributed by atoms with van der Waals surface area (Å²) in [6.45, 7) is 3.39. The SMILES string of the molecule is CC1CCCN(C(=O)c2ccc(Cl)c(S(=O)(=O)Nc3ccc(F)cc3)c2)C1. The molecule has 3 rings (SSSR count). The molecule has 1 aliphatic heterocycles. The lowest BCUT2D eigenvalue weighted by molar-refractivity contribution is 0.0683. The summed E-state index contributed by atoms with van der Waals surface area (Å²) in [6.07, 6.45) is 2.00. The van der Waals surface area contributed by atoms with Gasteiger partial charge in [-0.25, -0.2) is 12.8 Å². The zero-order chi connectivity index (χ0) is 19.6. The molecule has 0 spiro atoms. The molecule has 1 heterocycles. The summed E-state index contributed by atoms with van der Waals surface area (Å²) in [5.41, 5.74) is 0.474. The normalized spacial score (nSPS) is 17.6. The third-order valence-electron chi connectivity index (χ3n) is 4.51. The van der Waals surface area contributed by atoms with E-state index in [2.05, 4.69) is 11.6 Å². The second-order valence-corrected chi connectivity index (χ2v) is 8.81. The standard InChI is InChI=1S/C19H20ClFN2O3S/c1-13-3-2-10-23(12-13)19(24)14-4-9-17(20)18(11-14)27(25,26)22-16-7-5-15(21)6-8-16/h4-9,11,13,22H,2-3,10,12H2,1H3. The molecule has 1 saturated heterocycles. The number of nitrogens with one attached hydrogen (secondary N) is 1. The van der Waals surface area contributed by atoms with E-state index in [1.54, 1.807) is 4.90 Å². The molecule has 1 unspecified atom stereocenters. The number of piperidine rings is 1. The molecule has 1 atom stereocenters. The Morgan fingerprint density at radius 3 is 2.59 bits per heavy atom. The van der Waals surface area contributed by atoms with E-state index in [0.29, 0.717) is 19.0 Å². The average molecular weight is 411 g/mol. The van der Waals surface area contributed by atoms with Crippen LogP contribution in [0.1, 0.15) is 30.1 Å². The van der Waals surface area contributed by atoms with E-state index in [-0.39, 0.29) is 27.1 Å². The van der Waals surface area contributed by atoms with Gasteiger partial charge in [-0.3, -0.25) is 9.52 Å². The number of likely N-dealkylation sites (tertiary alicyclic amines) is 1. The molecule has 0 radical (unpaired) electrons. The van der Waals surface area contributed by atoms with Crippen LogP contribution in [0.5, 0.6) is 0 Å². The highest BCUT2D eigenvalue weighted by Gasteiger charge is 2.25. The lowest BCUT2D eigenvalue weighted by atomic mass is 9.99. The minimum Gasteiger partial charge on any atom is -0.338 e. The van der Waals surface area contributed by atoms with Gasteiger partial charge < -0.3 is 4.90 Å². The smallest absolute Gasteiger partial charge is 0.263 e. The van der Waals surface area contributed by atoms with Crippen molar-refractivity contribution >= 4 is 33.2 Å². The molecule has 2 aromatic carbocycles.